The fourth-order valence-corrected chi connectivity index (χ4v) is 1.10. The van der Waals surface area contributed by atoms with Crippen LogP contribution in [0.3, 0.4) is 0 Å². The summed E-state index contributed by atoms with van der Waals surface area (Å²) in [5.41, 5.74) is 4.58. The third-order valence-corrected chi connectivity index (χ3v) is 1.88. The number of alkyl halides is 2. The maximum Gasteiger partial charge on any atom is 0.290 e. The van der Waals surface area contributed by atoms with E-state index < -0.39 is 12.5 Å². The van der Waals surface area contributed by atoms with Crippen LogP contribution in [-0.2, 0) is 5.92 Å². The number of nitrogens with two attached hydrogens (primary N) is 1. The summed E-state index contributed by atoms with van der Waals surface area (Å²) in [6.07, 6.45) is 0. The van der Waals surface area contributed by atoms with Gasteiger partial charge in [-0.3, -0.25) is 0 Å². The molecular formula is C8H9ClF2N2O. The van der Waals surface area contributed by atoms with Crippen LogP contribution in [-0.4, -0.2) is 18.6 Å². The van der Waals surface area contributed by atoms with E-state index in [0.29, 0.717) is 0 Å². The molecule has 1 rings (SSSR count). The number of rotatable bonds is 3. The Morgan fingerprint density at radius 1 is 1.57 bits per heavy atom. The Bertz CT molecular complexity index is 333. The zero-order chi connectivity index (χ0) is 10.8. The Morgan fingerprint density at radius 3 is 2.71 bits per heavy atom. The molecule has 0 aliphatic carbocycles. The van der Waals surface area contributed by atoms with Crippen molar-refractivity contribution in [3.05, 3.63) is 22.8 Å². The van der Waals surface area contributed by atoms with Gasteiger partial charge in [0.05, 0.1) is 19.2 Å². The summed E-state index contributed by atoms with van der Waals surface area (Å²) in [5.74, 6) is -3.35. The van der Waals surface area contributed by atoms with Crippen molar-refractivity contribution in [2.75, 3.05) is 13.7 Å². The van der Waals surface area contributed by atoms with Crippen molar-refractivity contribution in [3.8, 4) is 5.88 Å². The van der Waals surface area contributed by atoms with Crippen LogP contribution in [0.5, 0.6) is 5.88 Å². The molecule has 6 heteroatoms. The Balaban J connectivity index is 3.20. The van der Waals surface area contributed by atoms with Crippen molar-refractivity contribution in [3.63, 3.8) is 0 Å². The van der Waals surface area contributed by atoms with Gasteiger partial charge in [0, 0.05) is 0 Å². The van der Waals surface area contributed by atoms with Crippen molar-refractivity contribution in [2.45, 2.75) is 5.92 Å². The molecule has 0 aromatic carbocycles. The van der Waals surface area contributed by atoms with Gasteiger partial charge < -0.3 is 10.5 Å². The highest BCUT2D eigenvalue weighted by Gasteiger charge is 2.33. The largest absolute Gasteiger partial charge is 0.481 e. The summed E-state index contributed by atoms with van der Waals surface area (Å²) in [6.45, 7) is -0.799. The van der Waals surface area contributed by atoms with E-state index in [1.807, 2.05) is 0 Å². The molecule has 0 radical (unpaired) electrons. The van der Waals surface area contributed by atoms with Crippen molar-refractivity contribution < 1.29 is 13.5 Å². The first-order valence-electron chi connectivity index (χ1n) is 3.80. The number of hydrogen-bond donors (Lipinski definition) is 1. The highest BCUT2D eigenvalue weighted by atomic mass is 35.5. The van der Waals surface area contributed by atoms with E-state index in [4.69, 9.17) is 17.3 Å². The molecule has 1 aromatic rings. The maximum atomic E-state index is 13.2. The van der Waals surface area contributed by atoms with E-state index in [9.17, 15) is 8.78 Å². The van der Waals surface area contributed by atoms with Crippen LogP contribution < -0.4 is 10.5 Å². The van der Waals surface area contributed by atoms with Gasteiger partial charge in [-0.15, -0.1) is 0 Å². The lowest BCUT2D eigenvalue weighted by atomic mass is 10.1. The fraction of sp³-hybridized carbons (Fsp3) is 0.375. The molecule has 0 atom stereocenters. The van der Waals surface area contributed by atoms with Crippen LogP contribution >= 0.6 is 11.6 Å². The van der Waals surface area contributed by atoms with Crippen molar-refractivity contribution in [1.29, 1.82) is 0 Å². The van der Waals surface area contributed by atoms with Gasteiger partial charge in [-0.05, 0) is 12.1 Å². The summed E-state index contributed by atoms with van der Waals surface area (Å²) >= 11 is 5.52. The minimum atomic E-state index is -3.15. The van der Waals surface area contributed by atoms with Crippen molar-refractivity contribution >= 4 is 11.6 Å². The molecular weight excluding hydrogens is 214 g/mol. The van der Waals surface area contributed by atoms with Crippen LogP contribution in [0.15, 0.2) is 12.1 Å². The zero-order valence-corrected chi connectivity index (χ0v) is 8.18. The summed E-state index contributed by atoms with van der Waals surface area (Å²) in [5, 5.41) is 0.0958. The third-order valence-electron chi connectivity index (χ3n) is 1.67. The van der Waals surface area contributed by atoms with E-state index in [-0.39, 0.29) is 16.6 Å². The van der Waals surface area contributed by atoms with Crippen molar-refractivity contribution in [2.24, 2.45) is 5.73 Å². The molecule has 0 amide bonds. The van der Waals surface area contributed by atoms with Crippen LogP contribution in [0.25, 0.3) is 0 Å². The summed E-state index contributed by atoms with van der Waals surface area (Å²) in [4.78, 5) is 3.61. The number of nitrogens with zero attached hydrogens (tertiary/aromatic N) is 1. The molecule has 0 aliphatic rings. The minimum Gasteiger partial charge on any atom is -0.481 e. The van der Waals surface area contributed by atoms with Crippen molar-refractivity contribution in [1.82, 2.24) is 4.98 Å². The number of hydrogen-bond acceptors (Lipinski definition) is 3. The maximum absolute atomic E-state index is 13.2. The molecule has 1 heterocycles. The van der Waals surface area contributed by atoms with Gasteiger partial charge in [-0.2, -0.15) is 8.78 Å². The predicted octanol–water partition coefficient (Wildman–Crippen LogP) is 1.79. The highest BCUT2D eigenvalue weighted by molar-refractivity contribution is 6.29. The second kappa shape index (κ2) is 4.06. The Labute approximate surface area is 84.8 Å². The number of aromatic nitrogens is 1. The van der Waals surface area contributed by atoms with E-state index in [1.54, 1.807) is 0 Å². The molecule has 2 N–H and O–H groups in total. The molecule has 0 fully saturated rings. The smallest absolute Gasteiger partial charge is 0.290 e. The average Bonchev–Trinajstić information content (AvgIpc) is 2.17. The van der Waals surface area contributed by atoms with Crippen LogP contribution in [0, 0.1) is 0 Å². The molecule has 0 aliphatic heterocycles. The topological polar surface area (TPSA) is 48.1 Å². The fourth-order valence-electron chi connectivity index (χ4n) is 0.962. The molecule has 0 bridgehead atoms. The zero-order valence-electron chi connectivity index (χ0n) is 7.43. The van der Waals surface area contributed by atoms with Gasteiger partial charge in [-0.25, -0.2) is 4.98 Å². The third kappa shape index (κ3) is 2.10. The lowest BCUT2D eigenvalue weighted by Crippen LogP contribution is -2.26. The van der Waals surface area contributed by atoms with E-state index in [1.165, 1.54) is 13.2 Å². The summed E-state index contributed by atoms with van der Waals surface area (Å²) in [6, 6.07) is 2.42. The minimum absolute atomic E-state index is 0.0958. The van der Waals surface area contributed by atoms with E-state index in [0.717, 1.165) is 6.07 Å². The molecule has 1 aromatic heterocycles. The number of ether oxygens (including phenoxy) is 1. The molecule has 3 nitrogen and oxygen atoms in total. The van der Waals surface area contributed by atoms with Crippen LogP contribution in [0.1, 0.15) is 5.56 Å². The predicted molar refractivity (Wildman–Crippen MR) is 48.7 cm³/mol. The Kier molecular flexibility index (Phi) is 3.23. The lowest BCUT2D eigenvalue weighted by molar-refractivity contribution is 0.00312. The summed E-state index contributed by atoms with van der Waals surface area (Å²) < 4.78 is 31.0. The molecule has 14 heavy (non-hydrogen) atoms. The Hall–Kier alpha value is -0.940. The first-order valence-corrected chi connectivity index (χ1v) is 4.18. The monoisotopic (exact) mass is 222 g/mol. The first-order chi connectivity index (χ1) is 6.51. The van der Waals surface area contributed by atoms with Gasteiger partial charge in [0.1, 0.15) is 5.15 Å². The second-order valence-corrected chi connectivity index (χ2v) is 2.99. The number of halogens is 3. The van der Waals surface area contributed by atoms with Gasteiger partial charge in [0.15, 0.2) is 0 Å². The number of methoxy groups -OCH3 is 1. The standard InChI is InChI=1S/C8H9ClF2N2O/c1-14-7-5(8(10,11)4-12)2-3-6(9)13-7/h2-3H,4,12H2,1H3. The quantitative estimate of drug-likeness (QED) is 0.794. The van der Waals surface area contributed by atoms with Gasteiger partial charge in [0.2, 0.25) is 5.88 Å². The highest BCUT2D eigenvalue weighted by Crippen LogP contribution is 2.33. The van der Waals surface area contributed by atoms with Gasteiger partial charge >= 0.3 is 0 Å². The molecule has 0 unspecified atom stereocenters. The molecule has 0 spiro atoms. The first kappa shape index (κ1) is 11.1. The SMILES string of the molecule is COc1nc(Cl)ccc1C(F)(F)CN. The number of pyridine rings is 1. The average molecular weight is 223 g/mol. The normalized spacial score (nSPS) is 11.5. The van der Waals surface area contributed by atoms with Crippen LogP contribution in [0.4, 0.5) is 8.78 Å². The Morgan fingerprint density at radius 2 is 2.21 bits per heavy atom. The van der Waals surface area contributed by atoms with Gasteiger partial charge in [0.25, 0.3) is 5.92 Å². The molecule has 0 saturated heterocycles. The van der Waals surface area contributed by atoms with Gasteiger partial charge in [-0.1, -0.05) is 11.6 Å². The molecule has 78 valence electrons. The second-order valence-electron chi connectivity index (χ2n) is 2.60. The van der Waals surface area contributed by atoms with Crippen LogP contribution in [0.2, 0.25) is 5.15 Å². The lowest BCUT2D eigenvalue weighted by Gasteiger charge is -2.16. The summed E-state index contributed by atoms with van der Waals surface area (Å²) in [7, 11) is 1.24. The van der Waals surface area contributed by atoms with E-state index in [2.05, 4.69) is 9.72 Å². The molecule has 0 saturated carbocycles. The van der Waals surface area contributed by atoms with E-state index >= 15 is 0 Å².